The maximum atomic E-state index is 13.0. The lowest BCUT2D eigenvalue weighted by Crippen LogP contribution is -2.46. The van der Waals surface area contributed by atoms with Crippen molar-refractivity contribution in [1.82, 2.24) is 5.32 Å². The SMILES string of the molecule is CC/C=C\C/C=C\C/C=C\C/C=C\C/C=C\C/C=C\C/C=C\C/C=C\C/C=C\CCCCCCCCCCCC(=O)NC(COP(=O)(O)OCC[N+](C)(C)C)C(O)CCCCCCCCCCCCCCCCCCCCCC. The van der Waals surface area contributed by atoms with Gasteiger partial charge in [-0.1, -0.05) is 297 Å². The van der Waals surface area contributed by atoms with Gasteiger partial charge >= 0.3 is 7.82 Å². The van der Waals surface area contributed by atoms with E-state index in [1.807, 2.05) is 21.1 Å². The molecule has 0 aliphatic rings. The standard InChI is InChI=1S/C70H125N2O6P/c1-6-8-10-12-14-16-18-20-22-24-26-28-29-30-31-32-33-34-35-36-37-38-39-40-41-42-43-44-46-48-50-52-54-56-58-60-62-64-70(74)71-68(67-78-79(75,76)77-66-65-72(3,4)5)69(73)63-61-59-57-55-53-51-49-47-45-27-25-23-21-19-17-15-13-11-9-7-2/h8,10,14,16,20,22,26,28,30-31,33-34,36-37,39-40,42-43,68-69,73H,6-7,9,11-13,15,17-19,21,23-25,27,29,32,35,38,41,44-67H2,1-5H3,(H-,71,74,75,76)/p+1/b10-8-,16-14-,22-20-,28-26-,31-30-,34-33-,37-36-,40-39-,43-42-. The summed E-state index contributed by atoms with van der Waals surface area (Å²) in [6.07, 6.45) is 87.3. The Morgan fingerprint density at radius 2 is 0.759 bits per heavy atom. The third kappa shape index (κ3) is 62.6. The van der Waals surface area contributed by atoms with Crippen molar-refractivity contribution >= 4 is 13.7 Å². The van der Waals surface area contributed by atoms with Crippen molar-refractivity contribution in [2.24, 2.45) is 0 Å². The van der Waals surface area contributed by atoms with Gasteiger partial charge in [0.25, 0.3) is 0 Å². The van der Waals surface area contributed by atoms with Gasteiger partial charge in [0.05, 0.1) is 39.9 Å². The first-order valence-corrected chi connectivity index (χ1v) is 34.2. The highest BCUT2D eigenvalue weighted by Crippen LogP contribution is 2.43. The van der Waals surface area contributed by atoms with Crippen LogP contribution in [0.25, 0.3) is 0 Å². The maximum Gasteiger partial charge on any atom is 0.472 e. The molecule has 3 N–H and O–H groups in total. The number of amides is 1. The van der Waals surface area contributed by atoms with Gasteiger partial charge in [-0.15, -0.1) is 0 Å². The van der Waals surface area contributed by atoms with E-state index >= 15 is 0 Å². The summed E-state index contributed by atoms with van der Waals surface area (Å²) in [7, 11) is 1.60. The quantitative estimate of drug-likeness (QED) is 0.0243. The molecule has 0 rings (SSSR count). The highest BCUT2D eigenvalue weighted by atomic mass is 31.2. The number of quaternary nitrogens is 1. The van der Waals surface area contributed by atoms with Crippen LogP contribution >= 0.6 is 7.82 Å². The topological polar surface area (TPSA) is 105 Å². The fraction of sp³-hybridized carbons (Fsp3) is 0.729. The number of carbonyl (C=O) groups is 1. The zero-order valence-corrected chi connectivity index (χ0v) is 53.0. The van der Waals surface area contributed by atoms with Gasteiger partial charge < -0.3 is 19.8 Å². The summed E-state index contributed by atoms with van der Waals surface area (Å²) >= 11 is 0. The number of nitrogens with one attached hydrogen (secondary N) is 1. The highest BCUT2D eigenvalue weighted by Gasteiger charge is 2.28. The van der Waals surface area contributed by atoms with Gasteiger partial charge in [0, 0.05) is 6.42 Å². The second-order valence-corrected chi connectivity index (χ2v) is 24.6. The van der Waals surface area contributed by atoms with Gasteiger partial charge in [-0.2, -0.15) is 0 Å². The van der Waals surface area contributed by atoms with Crippen molar-refractivity contribution in [3.8, 4) is 0 Å². The first-order chi connectivity index (χ1) is 38.5. The van der Waals surface area contributed by atoms with Crippen molar-refractivity contribution in [1.29, 1.82) is 0 Å². The summed E-state index contributed by atoms with van der Waals surface area (Å²) in [5.74, 6) is -0.152. The summed E-state index contributed by atoms with van der Waals surface area (Å²) in [6, 6.07) is -0.772. The average molecular weight is 1120 g/mol. The molecule has 0 bridgehead atoms. The van der Waals surface area contributed by atoms with Crippen molar-refractivity contribution in [2.45, 2.75) is 289 Å². The number of rotatable bonds is 59. The molecule has 0 saturated heterocycles. The van der Waals surface area contributed by atoms with Gasteiger partial charge in [-0.25, -0.2) is 4.57 Å². The number of likely N-dealkylation sites (N-methyl/N-ethyl adjacent to an activating group) is 1. The van der Waals surface area contributed by atoms with E-state index in [4.69, 9.17) is 9.05 Å². The molecule has 0 saturated carbocycles. The first kappa shape index (κ1) is 76.2. The largest absolute Gasteiger partial charge is 0.472 e. The van der Waals surface area contributed by atoms with E-state index in [0.717, 1.165) is 103 Å². The van der Waals surface area contributed by atoms with E-state index in [1.54, 1.807) is 0 Å². The molecule has 0 spiro atoms. The maximum absolute atomic E-state index is 13.0. The Kier molecular flexibility index (Phi) is 57.6. The van der Waals surface area contributed by atoms with Crippen LogP contribution < -0.4 is 5.32 Å². The lowest BCUT2D eigenvalue weighted by molar-refractivity contribution is -0.870. The summed E-state index contributed by atoms with van der Waals surface area (Å²) in [5.41, 5.74) is 0. The van der Waals surface area contributed by atoms with Crippen molar-refractivity contribution in [3.63, 3.8) is 0 Å². The van der Waals surface area contributed by atoms with Crippen LogP contribution in [-0.4, -0.2) is 73.4 Å². The van der Waals surface area contributed by atoms with Crippen LogP contribution in [0.15, 0.2) is 109 Å². The van der Waals surface area contributed by atoms with Crippen LogP contribution in [-0.2, 0) is 18.4 Å². The Morgan fingerprint density at radius 1 is 0.443 bits per heavy atom. The highest BCUT2D eigenvalue weighted by molar-refractivity contribution is 7.47. The molecule has 0 aromatic rings. The summed E-state index contributed by atoms with van der Waals surface area (Å²) in [6.45, 7) is 4.79. The summed E-state index contributed by atoms with van der Waals surface area (Å²) < 4.78 is 23.8. The number of phosphoric acid groups is 1. The van der Waals surface area contributed by atoms with Gasteiger partial charge in [-0.05, 0) is 83.5 Å². The van der Waals surface area contributed by atoms with Crippen LogP contribution in [0.2, 0.25) is 0 Å². The predicted octanol–water partition coefficient (Wildman–Crippen LogP) is 20.7. The van der Waals surface area contributed by atoms with Crippen molar-refractivity contribution in [3.05, 3.63) is 109 Å². The first-order valence-electron chi connectivity index (χ1n) is 32.8. The number of phosphoric ester groups is 1. The lowest BCUT2D eigenvalue weighted by atomic mass is 10.0. The molecule has 0 fully saturated rings. The number of unbranched alkanes of at least 4 members (excludes halogenated alkanes) is 28. The molecule has 0 aromatic carbocycles. The molecule has 1 amide bonds. The van der Waals surface area contributed by atoms with Crippen molar-refractivity contribution < 1.29 is 32.9 Å². The normalized spacial score (nSPS) is 14.5. The number of hydrogen-bond acceptors (Lipinski definition) is 5. The molecular formula is C70H126N2O6P+. The van der Waals surface area contributed by atoms with Gasteiger partial charge in [0.2, 0.25) is 5.91 Å². The Balaban J connectivity index is 4.12. The van der Waals surface area contributed by atoms with E-state index in [2.05, 4.69) is 129 Å². The molecule has 456 valence electrons. The molecule has 79 heavy (non-hydrogen) atoms. The third-order valence-corrected chi connectivity index (χ3v) is 15.3. The minimum Gasteiger partial charge on any atom is -0.391 e. The fourth-order valence-electron chi connectivity index (χ4n) is 9.22. The van der Waals surface area contributed by atoms with Crippen molar-refractivity contribution in [2.75, 3.05) is 40.9 Å². The smallest absolute Gasteiger partial charge is 0.391 e. The molecule has 9 heteroatoms. The van der Waals surface area contributed by atoms with E-state index < -0.39 is 20.0 Å². The molecule has 0 heterocycles. The van der Waals surface area contributed by atoms with E-state index in [0.29, 0.717) is 23.9 Å². The Hall–Kier alpha value is -2.84. The summed E-state index contributed by atoms with van der Waals surface area (Å²) in [4.78, 5) is 23.4. The number of allylic oxidation sites excluding steroid dienone is 18. The number of nitrogens with zero attached hydrogens (tertiary/aromatic N) is 1. The lowest BCUT2D eigenvalue weighted by Gasteiger charge is -2.26. The molecule has 0 aliphatic carbocycles. The molecule has 0 aromatic heterocycles. The number of aliphatic hydroxyl groups is 1. The average Bonchev–Trinajstić information content (AvgIpc) is 3.42. The fourth-order valence-corrected chi connectivity index (χ4v) is 9.95. The Labute approximate surface area is 489 Å². The minimum absolute atomic E-state index is 0.0691. The second-order valence-electron chi connectivity index (χ2n) is 23.1. The molecule has 0 radical (unpaired) electrons. The number of hydrogen-bond donors (Lipinski definition) is 3. The van der Waals surface area contributed by atoms with Crippen LogP contribution in [0.4, 0.5) is 0 Å². The predicted molar refractivity (Wildman–Crippen MR) is 345 cm³/mol. The Bertz CT molecular complexity index is 1650. The number of carbonyl (C=O) groups excluding carboxylic acids is 1. The summed E-state index contributed by atoms with van der Waals surface area (Å²) in [5, 5.41) is 14.1. The third-order valence-electron chi connectivity index (χ3n) is 14.3. The van der Waals surface area contributed by atoms with Crippen LogP contribution in [0.3, 0.4) is 0 Å². The molecule has 3 unspecified atom stereocenters. The molecule has 3 atom stereocenters. The van der Waals surface area contributed by atoms with E-state index in [9.17, 15) is 19.4 Å². The Morgan fingerprint density at radius 3 is 1.11 bits per heavy atom. The van der Waals surface area contributed by atoms with Gasteiger partial charge in [0.1, 0.15) is 13.2 Å². The molecule has 8 nitrogen and oxygen atoms in total. The van der Waals surface area contributed by atoms with Crippen LogP contribution in [0.1, 0.15) is 277 Å². The van der Waals surface area contributed by atoms with Crippen LogP contribution in [0.5, 0.6) is 0 Å². The monoisotopic (exact) mass is 1120 g/mol. The minimum atomic E-state index is -4.34. The van der Waals surface area contributed by atoms with Crippen LogP contribution in [0, 0.1) is 0 Å². The zero-order chi connectivity index (χ0) is 57.7. The molecular weight excluding hydrogens is 996 g/mol. The van der Waals surface area contributed by atoms with E-state index in [-0.39, 0.29) is 19.1 Å². The van der Waals surface area contributed by atoms with Gasteiger partial charge in [0.15, 0.2) is 0 Å². The number of aliphatic hydroxyl groups excluding tert-OH is 1. The van der Waals surface area contributed by atoms with Gasteiger partial charge in [-0.3, -0.25) is 13.8 Å². The zero-order valence-electron chi connectivity index (χ0n) is 52.1. The van der Waals surface area contributed by atoms with E-state index in [1.165, 1.54) is 148 Å². The second kappa shape index (κ2) is 59.8. The molecule has 0 aliphatic heterocycles.